The average molecular weight is 461 g/mol. The minimum absolute atomic E-state index is 0.593. The summed E-state index contributed by atoms with van der Waals surface area (Å²) >= 11 is 10.5. The third-order valence-corrected chi connectivity index (χ3v) is 11.1. The van der Waals surface area contributed by atoms with E-state index >= 15 is 0 Å². The van der Waals surface area contributed by atoms with Gasteiger partial charge in [0, 0.05) is 17.1 Å². The Labute approximate surface area is 176 Å². The third-order valence-electron chi connectivity index (χ3n) is 3.34. The van der Waals surface area contributed by atoms with Gasteiger partial charge in [0.2, 0.25) is 10.7 Å². The average Bonchev–Trinajstić information content (AvgIpc) is 3.23. The quantitative estimate of drug-likeness (QED) is 0.215. The van der Waals surface area contributed by atoms with Crippen LogP contribution in [0.4, 0.5) is 0 Å². The second-order valence-corrected chi connectivity index (χ2v) is 14.0. The van der Waals surface area contributed by atoms with Gasteiger partial charge in [-0.05, 0) is 32.1 Å². The highest BCUT2D eigenvalue weighted by Gasteiger charge is 2.18. The molecular weight excluding hydrogens is 439 g/mol. The lowest BCUT2D eigenvalue weighted by Crippen LogP contribution is -1.94. The number of benzene rings is 1. The van der Waals surface area contributed by atoms with E-state index in [-0.39, 0.29) is 0 Å². The first kappa shape index (κ1) is 21.2. The first-order chi connectivity index (χ1) is 13.1. The van der Waals surface area contributed by atoms with Gasteiger partial charge in [-0.2, -0.15) is 4.52 Å². The van der Waals surface area contributed by atoms with Crippen molar-refractivity contribution in [3.8, 4) is 11.4 Å². The van der Waals surface area contributed by atoms with E-state index in [1.54, 1.807) is 34.5 Å². The molecule has 3 rings (SSSR count). The topological polar surface area (TPSA) is 61.5 Å². The fourth-order valence-electron chi connectivity index (χ4n) is 2.25. The van der Waals surface area contributed by atoms with Crippen molar-refractivity contribution in [2.75, 3.05) is 24.7 Å². The number of rotatable bonds is 11. The summed E-state index contributed by atoms with van der Waals surface area (Å²) in [5, 5.41) is 13.2. The summed E-state index contributed by atoms with van der Waals surface area (Å²) < 4.78 is 14.1. The molecule has 0 bridgehead atoms. The number of hydrogen-bond acceptors (Lipinski definition) is 9. The van der Waals surface area contributed by atoms with Crippen LogP contribution < -0.4 is 0 Å². The largest absolute Gasteiger partial charge is 0.322 e. The van der Waals surface area contributed by atoms with Gasteiger partial charge >= 0.3 is 0 Å². The van der Waals surface area contributed by atoms with Gasteiger partial charge in [0.05, 0.1) is 13.2 Å². The minimum Gasteiger partial charge on any atom is -0.322 e. The Morgan fingerprint density at radius 3 is 2.56 bits per heavy atom. The lowest BCUT2D eigenvalue weighted by atomic mass is 10.2. The zero-order chi connectivity index (χ0) is 19.1. The molecule has 0 aliphatic carbocycles. The second kappa shape index (κ2) is 10.3. The molecular formula is C16H21N4O2PS4. The number of aromatic nitrogens is 4. The molecule has 1 aromatic carbocycles. The van der Waals surface area contributed by atoms with E-state index in [4.69, 9.17) is 20.9 Å². The maximum Gasteiger partial charge on any atom is 0.247 e. The Bertz CT molecular complexity index is 892. The SMILES string of the molecule is CCOP(=S)(OCC)SCCCSc1nn2c(-c3ccccc3)nnc2s1. The zero-order valence-electron chi connectivity index (χ0n) is 15.1. The Kier molecular flexibility index (Phi) is 8.13. The highest BCUT2D eigenvalue weighted by Crippen LogP contribution is 2.61. The first-order valence-corrected chi connectivity index (χ1v) is 14.6. The number of hydrogen-bond donors (Lipinski definition) is 0. The number of fused-ring (bicyclic) bond motifs is 1. The van der Waals surface area contributed by atoms with Gasteiger partial charge in [-0.25, -0.2) is 0 Å². The van der Waals surface area contributed by atoms with Crippen LogP contribution >= 0.6 is 40.2 Å². The summed E-state index contributed by atoms with van der Waals surface area (Å²) in [6.45, 7) is 5.09. The Balaban J connectivity index is 1.53. The van der Waals surface area contributed by atoms with Crippen LogP contribution in [0, 0.1) is 0 Å². The molecule has 146 valence electrons. The van der Waals surface area contributed by atoms with Crippen molar-refractivity contribution in [2.24, 2.45) is 0 Å². The Morgan fingerprint density at radius 1 is 1.11 bits per heavy atom. The molecule has 2 heterocycles. The van der Waals surface area contributed by atoms with E-state index in [9.17, 15) is 0 Å². The Hall–Kier alpha value is -0.480. The van der Waals surface area contributed by atoms with Gasteiger partial charge in [-0.1, -0.05) is 64.8 Å². The van der Waals surface area contributed by atoms with E-state index in [0.717, 1.165) is 38.6 Å². The molecule has 0 saturated carbocycles. The molecule has 0 aliphatic rings. The smallest absolute Gasteiger partial charge is 0.247 e. The van der Waals surface area contributed by atoms with Gasteiger partial charge in [0.25, 0.3) is 0 Å². The molecule has 6 nitrogen and oxygen atoms in total. The predicted molar refractivity (Wildman–Crippen MR) is 119 cm³/mol. The fourth-order valence-corrected chi connectivity index (χ4v) is 9.11. The summed E-state index contributed by atoms with van der Waals surface area (Å²) in [6, 6.07) is 9.99. The van der Waals surface area contributed by atoms with Crippen molar-refractivity contribution >= 4 is 56.9 Å². The maximum atomic E-state index is 5.65. The molecule has 0 unspecified atom stereocenters. The van der Waals surface area contributed by atoms with E-state index in [1.165, 1.54) is 0 Å². The Morgan fingerprint density at radius 2 is 1.85 bits per heavy atom. The lowest BCUT2D eigenvalue weighted by molar-refractivity contribution is 0.280. The van der Waals surface area contributed by atoms with Crippen LogP contribution in [-0.2, 0) is 20.9 Å². The molecule has 0 saturated heterocycles. The van der Waals surface area contributed by atoms with Crippen LogP contribution in [0.2, 0.25) is 0 Å². The van der Waals surface area contributed by atoms with Crippen LogP contribution in [0.5, 0.6) is 0 Å². The van der Waals surface area contributed by atoms with Gasteiger partial charge < -0.3 is 9.05 Å². The molecule has 0 spiro atoms. The van der Waals surface area contributed by atoms with Gasteiger partial charge in [0.15, 0.2) is 10.2 Å². The highest BCUT2D eigenvalue weighted by atomic mass is 32.9. The molecule has 0 aliphatic heterocycles. The van der Waals surface area contributed by atoms with Crippen molar-refractivity contribution in [1.29, 1.82) is 0 Å². The normalized spacial score (nSPS) is 12.1. The molecule has 0 amide bonds. The van der Waals surface area contributed by atoms with Crippen molar-refractivity contribution in [3.05, 3.63) is 30.3 Å². The van der Waals surface area contributed by atoms with Crippen molar-refractivity contribution in [3.63, 3.8) is 0 Å². The molecule has 0 radical (unpaired) electrons. The van der Waals surface area contributed by atoms with E-state index in [1.807, 2.05) is 48.7 Å². The molecule has 11 heteroatoms. The van der Waals surface area contributed by atoms with Gasteiger partial charge in [-0.3, -0.25) is 0 Å². The standard InChI is InChI=1S/C16H21N4O2PS4/c1-3-21-23(24,22-4-2)26-12-8-11-25-16-19-20-14(17-18-15(20)27-16)13-9-6-5-7-10-13/h5-7,9-10H,3-4,8,11-12H2,1-2H3. The van der Waals surface area contributed by atoms with Gasteiger partial charge in [0.1, 0.15) is 0 Å². The monoisotopic (exact) mass is 460 g/mol. The van der Waals surface area contributed by atoms with Crippen molar-refractivity contribution < 1.29 is 9.05 Å². The summed E-state index contributed by atoms with van der Waals surface area (Å²) in [5.74, 6) is 2.66. The van der Waals surface area contributed by atoms with E-state index < -0.39 is 5.69 Å². The van der Waals surface area contributed by atoms with Gasteiger partial charge in [-0.15, -0.1) is 15.3 Å². The van der Waals surface area contributed by atoms with Crippen molar-refractivity contribution in [2.45, 2.75) is 24.6 Å². The summed E-state index contributed by atoms with van der Waals surface area (Å²) in [7, 11) is 0. The second-order valence-electron chi connectivity index (χ2n) is 5.27. The molecule has 2 aromatic heterocycles. The zero-order valence-corrected chi connectivity index (χ0v) is 19.3. The number of thioether (sulfide) groups is 1. The first-order valence-electron chi connectivity index (χ1n) is 8.59. The summed E-state index contributed by atoms with van der Waals surface area (Å²) in [6.07, 6.45) is 1.01. The molecule has 0 N–H and O–H groups in total. The summed E-state index contributed by atoms with van der Waals surface area (Å²) in [5.41, 5.74) is -1.17. The maximum absolute atomic E-state index is 5.65. The van der Waals surface area contributed by atoms with Crippen LogP contribution in [0.15, 0.2) is 34.7 Å². The van der Waals surface area contributed by atoms with Crippen LogP contribution in [-0.4, -0.2) is 44.5 Å². The van der Waals surface area contributed by atoms with Crippen LogP contribution in [0.3, 0.4) is 0 Å². The molecule has 0 fully saturated rings. The number of nitrogens with zero attached hydrogens (tertiary/aromatic N) is 4. The van der Waals surface area contributed by atoms with Crippen LogP contribution in [0.1, 0.15) is 20.3 Å². The fraction of sp³-hybridized carbons (Fsp3) is 0.438. The summed E-state index contributed by atoms with van der Waals surface area (Å²) in [4.78, 5) is 0.814. The predicted octanol–water partition coefficient (Wildman–Crippen LogP) is 5.37. The lowest BCUT2D eigenvalue weighted by Gasteiger charge is -2.19. The van der Waals surface area contributed by atoms with E-state index in [2.05, 4.69) is 15.3 Å². The molecule has 0 atom stereocenters. The van der Waals surface area contributed by atoms with E-state index in [0.29, 0.717) is 13.2 Å². The van der Waals surface area contributed by atoms with Crippen molar-refractivity contribution in [1.82, 2.24) is 19.8 Å². The minimum atomic E-state index is -2.18. The molecule has 3 aromatic rings. The third kappa shape index (κ3) is 5.76. The highest BCUT2D eigenvalue weighted by molar-refractivity contribution is 8.67. The molecule has 27 heavy (non-hydrogen) atoms. The van der Waals surface area contributed by atoms with Crippen LogP contribution in [0.25, 0.3) is 16.3 Å².